The van der Waals surface area contributed by atoms with Crippen LogP contribution in [-0.2, 0) is 4.74 Å². The van der Waals surface area contributed by atoms with Crippen LogP contribution in [0.4, 0.5) is 8.78 Å². The van der Waals surface area contributed by atoms with Gasteiger partial charge in [0.1, 0.15) is 0 Å². The van der Waals surface area contributed by atoms with E-state index in [9.17, 15) is 8.78 Å². The molecule has 1 fully saturated rings. The van der Waals surface area contributed by atoms with Gasteiger partial charge in [-0.05, 0) is 19.4 Å². The fraction of sp³-hybridized carbons (Fsp3) is 1.00. The first-order valence-electron chi connectivity index (χ1n) is 4.32. The van der Waals surface area contributed by atoms with Crippen LogP contribution in [0.3, 0.4) is 0 Å². The summed E-state index contributed by atoms with van der Waals surface area (Å²) in [7, 11) is 0. The van der Waals surface area contributed by atoms with Gasteiger partial charge in [0.05, 0.1) is 0 Å². The van der Waals surface area contributed by atoms with Crippen molar-refractivity contribution in [3.63, 3.8) is 0 Å². The molecule has 4 heteroatoms. The van der Waals surface area contributed by atoms with Crippen molar-refractivity contribution in [3.8, 4) is 0 Å². The minimum absolute atomic E-state index is 0.0599. The van der Waals surface area contributed by atoms with E-state index >= 15 is 0 Å². The third kappa shape index (κ3) is 2.38. The average molecular weight is 179 g/mol. The molecule has 0 atom stereocenters. The van der Waals surface area contributed by atoms with Gasteiger partial charge in [0.15, 0.2) is 0 Å². The summed E-state index contributed by atoms with van der Waals surface area (Å²) in [6, 6.07) is 0. The van der Waals surface area contributed by atoms with Crippen molar-refractivity contribution in [2.45, 2.75) is 25.2 Å². The fourth-order valence-corrected chi connectivity index (χ4v) is 1.52. The molecule has 12 heavy (non-hydrogen) atoms. The van der Waals surface area contributed by atoms with Crippen LogP contribution >= 0.6 is 0 Å². The lowest BCUT2D eigenvalue weighted by molar-refractivity contribution is -0.0992. The number of hydrogen-bond donors (Lipinski definition) is 1. The molecule has 1 aliphatic heterocycles. The van der Waals surface area contributed by atoms with Gasteiger partial charge in [-0.1, -0.05) is 0 Å². The van der Waals surface area contributed by atoms with E-state index in [1.165, 1.54) is 0 Å². The van der Waals surface area contributed by atoms with E-state index in [-0.39, 0.29) is 13.0 Å². The second-order valence-corrected chi connectivity index (χ2v) is 3.19. The van der Waals surface area contributed by atoms with Crippen LogP contribution in [0.25, 0.3) is 0 Å². The zero-order valence-corrected chi connectivity index (χ0v) is 7.06. The van der Waals surface area contributed by atoms with Crippen LogP contribution in [0, 0.1) is 5.92 Å². The van der Waals surface area contributed by atoms with Gasteiger partial charge in [-0.25, -0.2) is 8.78 Å². The Labute approximate surface area is 71.1 Å². The molecule has 2 N–H and O–H groups in total. The molecular weight excluding hydrogens is 164 g/mol. The Morgan fingerprint density at radius 2 is 1.92 bits per heavy atom. The number of hydrogen-bond acceptors (Lipinski definition) is 2. The van der Waals surface area contributed by atoms with Gasteiger partial charge < -0.3 is 10.5 Å². The minimum atomic E-state index is -2.58. The summed E-state index contributed by atoms with van der Waals surface area (Å²) in [4.78, 5) is 0. The topological polar surface area (TPSA) is 35.2 Å². The van der Waals surface area contributed by atoms with E-state index in [2.05, 4.69) is 0 Å². The van der Waals surface area contributed by atoms with Gasteiger partial charge in [-0.3, -0.25) is 0 Å². The molecule has 1 aliphatic rings. The van der Waals surface area contributed by atoms with Gasteiger partial charge in [0.2, 0.25) is 0 Å². The van der Waals surface area contributed by atoms with E-state index in [0.29, 0.717) is 26.1 Å². The molecule has 0 unspecified atom stereocenters. The highest BCUT2D eigenvalue weighted by atomic mass is 19.3. The SMILES string of the molecule is NCCC(F)(F)C1CCOCC1. The lowest BCUT2D eigenvalue weighted by atomic mass is 9.91. The standard InChI is InChI=1S/C8H15F2NO/c9-8(10,3-4-11)7-1-5-12-6-2-7/h7H,1-6,11H2. The van der Waals surface area contributed by atoms with E-state index in [1.807, 2.05) is 0 Å². The van der Waals surface area contributed by atoms with Crippen molar-refractivity contribution in [2.24, 2.45) is 11.7 Å². The van der Waals surface area contributed by atoms with Gasteiger partial charge in [0, 0.05) is 25.6 Å². The zero-order valence-electron chi connectivity index (χ0n) is 7.06. The third-order valence-corrected chi connectivity index (χ3v) is 2.30. The number of ether oxygens (including phenoxy) is 1. The van der Waals surface area contributed by atoms with E-state index in [0.717, 1.165) is 0 Å². The summed E-state index contributed by atoms with van der Waals surface area (Å²) in [5.41, 5.74) is 5.11. The Hall–Kier alpha value is -0.220. The van der Waals surface area contributed by atoms with Gasteiger partial charge in [-0.2, -0.15) is 0 Å². The smallest absolute Gasteiger partial charge is 0.252 e. The number of halogens is 2. The number of nitrogens with two attached hydrogens (primary N) is 1. The van der Waals surface area contributed by atoms with Crippen molar-refractivity contribution in [1.29, 1.82) is 0 Å². The Kier molecular flexibility index (Phi) is 3.40. The van der Waals surface area contributed by atoms with Crippen molar-refractivity contribution < 1.29 is 13.5 Å². The molecule has 72 valence electrons. The maximum Gasteiger partial charge on any atom is 0.252 e. The van der Waals surface area contributed by atoms with Crippen LogP contribution < -0.4 is 5.73 Å². The highest BCUT2D eigenvalue weighted by Crippen LogP contribution is 2.34. The molecule has 0 bridgehead atoms. The average Bonchev–Trinajstić information content (AvgIpc) is 2.06. The van der Waals surface area contributed by atoms with Gasteiger partial charge in [0.25, 0.3) is 5.92 Å². The highest BCUT2D eigenvalue weighted by molar-refractivity contribution is 4.79. The molecular formula is C8H15F2NO. The predicted molar refractivity (Wildman–Crippen MR) is 42.2 cm³/mol. The van der Waals surface area contributed by atoms with Gasteiger partial charge >= 0.3 is 0 Å². The first kappa shape index (κ1) is 9.86. The Balaban J connectivity index is 2.41. The molecule has 0 aromatic rings. The normalized spacial score (nSPS) is 21.2. The van der Waals surface area contributed by atoms with Crippen LogP contribution in [0.5, 0.6) is 0 Å². The van der Waals surface area contributed by atoms with E-state index in [1.54, 1.807) is 0 Å². The molecule has 0 saturated carbocycles. The first-order chi connectivity index (χ1) is 5.67. The highest BCUT2D eigenvalue weighted by Gasteiger charge is 2.38. The molecule has 2 nitrogen and oxygen atoms in total. The lowest BCUT2D eigenvalue weighted by Gasteiger charge is -2.29. The second-order valence-electron chi connectivity index (χ2n) is 3.19. The molecule has 0 spiro atoms. The molecule has 1 heterocycles. The van der Waals surface area contributed by atoms with Crippen LogP contribution in [0.2, 0.25) is 0 Å². The first-order valence-corrected chi connectivity index (χ1v) is 4.32. The number of rotatable bonds is 3. The van der Waals surface area contributed by atoms with Crippen LogP contribution in [0.1, 0.15) is 19.3 Å². The summed E-state index contributed by atoms with van der Waals surface area (Å²) in [5, 5.41) is 0. The second kappa shape index (κ2) is 4.14. The van der Waals surface area contributed by atoms with Crippen molar-refractivity contribution >= 4 is 0 Å². The van der Waals surface area contributed by atoms with Crippen molar-refractivity contribution in [1.82, 2.24) is 0 Å². The summed E-state index contributed by atoms with van der Waals surface area (Å²) in [5.74, 6) is -3.10. The Bertz CT molecular complexity index is 135. The van der Waals surface area contributed by atoms with Crippen molar-refractivity contribution in [2.75, 3.05) is 19.8 Å². The summed E-state index contributed by atoms with van der Waals surface area (Å²) in [6.07, 6.45) is 0.734. The largest absolute Gasteiger partial charge is 0.381 e. The predicted octanol–water partition coefficient (Wildman–Crippen LogP) is 1.40. The summed E-state index contributed by atoms with van der Waals surface area (Å²) in [6.45, 7) is 0.986. The molecule has 0 radical (unpaired) electrons. The van der Waals surface area contributed by atoms with E-state index in [4.69, 9.17) is 10.5 Å². The molecule has 0 aromatic heterocycles. The summed E-state index contributed by atoms with van der Waals surface area (Å²) >= 11 is 0. The molecule has 0 aliphatic carbocycles. The number of alkyl halides is 2. The maximum atomic E-state index is 13.2. The third-order valence-electron chi connectivity index (χ3n) is 2.30. The van der Waals surface area contributed by atoms with Crippen LogP contribution in [-0.4, -0.2) is 25.7 Å². The quantitative estimate of drug-likeness (QED) is 0.710. The zero-order chi connectivity index (χ0) is 9.03. The van der Waals surface area contributed by atoms with Crippen molar-refractivity contribution in [3.05, 3.63) is 0 Å². The molecule has 1 saturated heterocycles. The fourth-order valence-electron chi connectivity index (χ4n) is 1.52. The minimum Gasteiger partial charge on any atom is -0.381 e. The lowest BCUT2D eigenvalue weighted by Crippen LogP contribution is -2.35. The Morgan fingerprint density at radius 3 is 2.42 bits per heavy atom. The van der Waals surface area contributed by atoms with E-state index < -0.39 is 11.8 Å². The van der Waals surface area contributed by atoms with Crippen LogP contribution in [0.15, 0.2) is 0 Å². The summed E-state index contributed by atoms with van der Waals surface area (Å²) < 4.78 is 31.4. The maximum absolute atomic E-state index is 13.2. The molecule has 1 rings (SSSR count). The molecule has 0 amide bonds. The molecule has 0 aromatic carbocycles. The monoisotopic (exact) mass is 179 g/mol. The Morgan fingerprint density at radius 1 is 1.33 bits per heavy atom. The van der Waals surface area contributed by atoms with Gasteiger partial charge in [-0.15, -0.1) is 0 Å².